The molecule has 4 nitrogen and oxygen atoms in total. The molecule has 5 aromatic carbocycles. The van der Waals surface area contributed by atoms with Gasteiger partial charge in [-0.15, -0.1) is 0 Å². The van der Waals surface area contributed by atoms with Crippen LogP contribution in [0.3, 0.4) is 0 Å². The van der Waals surface area contributed by atoms with Crippen molar-refractivity contribution in [2.45, 2.75) is 0 Å². The van der Waals surface area contributed by atoms with Gasteiger partial charge in [0, 0.05) is 39.3 Å². The minimum atomic E-state index is 0.898. The molecule has 0 amide bonds. The highest BCUT2D eigenvalue weighted by molar-refractivity contribution is 6.16. The van der Waals surface area contributed by atoms with Crippen LogP contribution in [-0.4, -0.2) is 19.1 Å². The Balaban J connectivity index is 1.54. The standard InChI is InChI=1S/C36H22N4/c1-5-15-28-24(11-1)25-12-2-6-16-29(25)39(28)32-19-21-38-36-34(32)33(22-23-10-9-20-37-35(23)36)40-30-17-7-3-13-26(30)27-14-4-8-18-31(27)40/h1-22H. The van der Waals surface area contributed by atoms with Crippen LogP contribution in [-0.2, 0) is 0 Å². The maximum atomic E-state index is 4.98. The van der Waals surface area contributed by atoms with E-state index < -0.39 is 0 Å². The normalized spacial score (nSPS) is 12.0. The van der Waals surface area contributed by atoms with E-state index in [-0.39, 0.29) is 0 Å². The molecule has 186 valence electrons. The van der Waals surface area contributed by atoms with Crippen molar-refractivity contribution in [1.82, 2.24) is 19.1 Å². The van der Waals surface area contributed by atoms with Gasteiger partial charge in [0.15, 0.2) is 0 Å². The number of hydrogen-bond acceptors (Lipinski definition) is 2. The summed E-state index contributed by atoms with van der Waals surface area (Å²) in [7, 11) is 0. The lowest BCUT2D eigenvalue weighted by Crippen LogP contribution is -2.03. The maximum absolute atomic E-state index is 4.98. The molecule has 0 unspecified atom stereocenters. The monoisotopic (exact) mass is 510 g/mol. The van der Waals surface area contributed by atoms with Crippen molar-refractivity contribution in [2.24, 2.45) is 0 Å². The molecule has 0 bridgehead atoms. The third kappa shape index (κ3) is 2.79. The Kier molecular flexibility index (Phi) is 4.30. The van der Waals surface area contributed by atoms with Crippen molar-refractivity contribution in [3.8, 4) is 11.4 Å². The summed E-state index contributed by atoms with van der Waals surface area (Å²) < 4.78 is 4.79. The van der Waals surface area contributed by atoms with E-state index in [1.165, 1.54) is 43.6 Å². The van der Waals surface area contributed by atoms with Crippen LogP contribution in [0.4, 0.5) is 0 Å². The Labute approximate surface area is 229 Å². The average molecular weight is 511 g/mol. The number of rotatable bonds is 2. The zero-order valence-corrected chi connectivity index (χ0v) is 21.5. The second-order valence-corrected chi connectivity index (χ2v) is 10.3. The molecule has 0 radical (unpaired) electrons. The zero-order valence-electron chi connectivity index (χ0n) is 21.5. The van der Waals surface area contributed by atoms with E-state index in [9.17, 15) is 0 Å². The first-order valence-electron chi connectivity index (χ1n) is 13.5. The van der Waals surface area contributed by atoms with Gasteiger partial charge >= 0.3 is 0 Å². The van der Waals surface area contributed by atoms with E-state index >= 15 is 0 Å². The van der Waals surface area contributed by atoms with Crippen LogP contribution >= 0.6 is 0 Å². The molecule has 0 fully saturated rings. The minimum absolute atomic E-state index is 0.898. The lowest BCUT2D eigenvalue weighted by Gasteiger charge is -2.18. The van der Waals surface area contributed by atoms with Crippen LogP contribution in [0.15, 0.2) is 134 Å². The summed E-state index contributed by atoms with van der Waals surface area (Å²) in [5, 5.41) is 7.09. The van der Waals surface area contributed by atoms with Crippen LogP contribution in [0.25, 0.3) is 76.8 Å². The molecular formula is C36H22N4. The van der Waals surface area contributed by atoms with Gasteiger partial charge in [-0.3, -0.25) is 9.97 Å². The van der Waals surface area contributed by atoms with E-state index in [0.29, 0.717) is 0 Å². The summed E-state index contributed by atoms with van der Waals surface area (Å²) in [5.74, 6) is 0. The molecular weight excluding hydrogens is 488 g/mol. The molecule has 0 spiro atoms. The van der Waals surface area contributed by atoms with Gasteiger partial charge in [0.25, 0.3) is 0 Å². The molecule has 40 heavy (non-hydrogen) atoms. The number of fused-ring (bicyclic) bond motifs is 9. The van der Waals surface area contributed by atoms with Gasteiger partial charge in [0.05, 0.1) is 44.3 Å². The SMILES string of the molecule is c1cnc2c(c1)cc(-n1c3ccccc3c3ccccc31)c1c(-n3c4ccccc4c4ccccc43)ccnc12. The molecule has 0 aliphatic carbocycles. The van der Waals surface area contributed by atoms with E-state index in [1.54, 1.807) is 0 Å². The molecule has 0 saturated heterocycles. The fraction of sp³-hybridized carbons (Fsp3) is 0. The van der Waals surface area contributed by atoms with E-state index in [1.807, 2.05) is 18.5 Å². The summed E-state index contributed by atoms with van der Waals surface area (Å²) in [6.07, 6.45) is 3.78. The molecule has 9 aromatic rings. The fourth-order valence-corrected chi connectivity index (χ4v) is 6.56. The molecule has 0 aliphatic heterocycles. The summed E-state index contributed by atoms with van der Waals surface area (Å²) >= 11 is 0. The third-order valence-corrected chi connectivity index (χ3v) is 8.18. The number of benzene rings is 5. The van der Waals surface area contributed by atoms with Crippen molar-refractivity contribution in [1.29, 1.82) is 0 Å². The highest BCUT2D eigenvalue weighted by Gasteiger charge is 2.21. The van der Waals surface area contributed by atoms with Gasteiger partial charge in [-0.25, -0.2) is 0 Å². The minimum Gasteiger partial charge on any atom is -0.308 e. The second-order valence-electron chi connectivity index (χ2n) is 10.3. The van der Waals surface area contributed by atoms with E-state index in [2.05, 4.69) is 124 Å². The molecule has 0 aliphatic rings. The average Bonchev–Trinajstić information content (AvgIpc) is 3.53. The molecule has 4 aromatic heterocycles. The number of aromatic nitrogens is 4. The van der Waals surface area contributed by atoms with Crippen LogP contribution < -0.4 is 0 Å². The van der Waals surface area contributed by atoms with Crippen molar-refractivity contribution in [2.75, 3.05) is 0 Å². The van der Waals surface area contributed by atoms with Gasteiger partial charge in [0.2, 0.25) is 0 Å². The number of nitrogens with zero attached hydrogens (tertiary/aromatic N) is 4. The molecule has 9 rings (SSSR count). The Morgan fingerprint density at radius 1 is 0.400 bits per heavy atom. The number of para-hydroxylation sites is 4. The number of pyridine rings is 2. The van der Waals surface area contributed by atoms with Gasteiger partial charge < -0.3 is 9.13 Å². The predicted molar refractivity (Wildman–Crippen MR) is 166 cm³/mol. The van der Waals surface area contributed by atoms with Crippen LogP contribution in [0.5, 0.6) is 0 Å². The Morgan fingerprint density at radius 2 is 0.875 bits per heavy atom. The first-order valence-corrected chi connectivity index (χ1v) is 13.5. The Bertz CT molecular complexity index is 2340. The topological polar surface area (TPSA) is 35.6 Å². The van der Waals surface area contributed by atoms with Gasteiger partial charge in [-0.1, -0.05) is 78.9 Å². The summed E-state index contributed by atoms with van der Waals surface area (Å²) in [6.45, 7) is 0. The highest BCUT2D eigenvalue weighted by Crippen LogP contribution is 2.41. The largest absolute Gasteiger partial charge is 0.308 e. The number of hydrogen-bond donors (Lipinski definition) is 0. The quantitative estimate of drug-likeness (QED) is 0.218. The van der Waals surface area contributed by atoms with Crippen molar-refractivity contribution < 1.29 is 0 Å². The first-order chi connectivity index (χ1) is 19.9. The lowest BCUT2D eigenvalue weighted by atomic mass is 10.1. The zero-order chi connectivity index (χ0) is 26.2. The van der Waals surface area contributed by atoms with E-state index in [4.69, 9.17) is 9.97 Å². The molecule has 0 N–H and O–H groups in total. The highest BCUT2D eigenvalue weighted by atomic mass is 15.0. The van der Waals surface area contributed by atoms with Crippen molar-refractivity contribution >= 4 is 65.4 Å². The summed E-state index contributed by atoms with van der Waals surface area (Å²) in [4.78, 5) is 9.80. The molecule has 0 atom stereocenters. The molecule has 4 heterocycles. The van der Waals surface area contributed by atoms with Gasteiger partial charge in [-0.05, 0) is 42.5 Å². The van der Waals surface area contributed by atoms with Gasteiger partial charge in [-0.2, -0.15) is 0 Å². The second kappa shape index (κ2) is 8.01. The van der Waals surface area contributed by atoms with Crippen LogP contribution in [0.2, 0.25) is 0 Å². The molecule has 0 saturated carbocycles. The van der Waals surface area contributed by atoms with Crippen molar-refractivity contribution in [3.63, 3.8) is 0 Å². The predicted octanol–water partition coefficient (Wildman–Crippen LogP) is 8.98. The fourth-order valence-electron chi connectivity index (χ4n) is 6.56. The van der Waals surface area contributed by atoms with Gasteiger partial charge in [0.1, 0.15) is 5.52 Å². The summed E-state index contributed by atoms with van der Waals surface area (Å²) in [5.41, 5.74) is 8.68. The lowest BCUT2D eigenvalue weighted by molar-refractivity contribution is 1.16. The van der Waals surface area contributed by atoms with Crippen LogP contribution in [0.1, 0.15) is 0 Å². The first kappa shape index (κ1) is 21.5. The molecule has 4 heteroatoms. The third-order valence-electron chi connectivity index (χ3n) is 8.18. The summed E-state index contributed by atoms with van der Waals surface area (Å²) in [6, 6.07) is 43.2. The maximum Gasteiger partial charge on any atom is 0.101 e. The Morgan fingerprint density at radius 3 is 1.43 bits per heavy atom. The van der Waals surface area contributed by atoms with Crippen molar-refractivity contribution in [3.05, 3.63) is 134 Å². The Hall–Kier alpha value is -5.48. The van der Waals surface area contributed by atoms with Crippen LogP contribution in [0, 0.1) is 0 Å². The smallest absolute Gasteiger partial charge is 0.101 e. The van der Waals surface area contributed by atoms with E-state index in [0.717, 1.165) is 33.2 Å².